The van der Waals surface area contributed by atoms with Crippen LogP contribution in [0.15, 0.2) is 18.3 Å². The Hall–Kier alpha value is -1.75. The Morgan fingerprint density at radius 2 is 2.13 bits per heavy atom. The maximum Gasteiger partial charge on any atom is 0.200 e. The number of aryl methyl sites for hydroxylation is 1. The third kappa shape index (κ3) is 1.10. The second kappa shape index (κ2) is 2.87. The van der Waals surface area contributed by atoms with Crippen molar-refractivity contribution in [3.05, 3.63) is 29.3 Å². The van der Waals surface area contributed by atoms with Crippen LogP contribution in [0, 0.1) is 6.92 Å². The van der Waals surface area contributed by atoms with Crippen LogP contribution in [-0.4, -0.2) is 24.6 Å². The maximum atomic E-state index is 5.99. The van der Waals surface area contributed by atoms with Crippen LogP contribution in [0.4, 0.5) is 0 Å². The molecule has 3 rings (SSSR count). The normalized spacial score (nSPS) is 11.3. The molecule has 0 aliphatic heterocycles. The average molecular weight is 220 g/mol. The molecule has 74 valence electrons. The topological polar surface area (TPSA) is 56.0 Å². The number of aromatic nitrogens is 5. The van der Waals surface area contributed by atoms with Crippen LogP contribution in [0.5, 0.6) is 0 Å². The molecule has 0 amide bonds. The van der Waals surface area contributed by atoms with Crippen molar-refractivity contribution in [3.63, 3.8) is 0 Å². The van der Waals surface area contributed by atoms with Gasteiger partial charge in [0.15, 0.2) is 16.4 Å². The molecule has 0 saturated carbocycles. The molecule has 0 aliphatic rings. The Morgan fingerprint density at radius 1 is 1.27 bits per heavy atom. The Balaban J connectivity index is 2.67. The van der Waals surface area contributed by atoms with Crippen molar-refractivity contribution in [2.45, 2.75) is 6.92 Å². The van der Waals surface area contributed by atoms with Gasteiger partial charge in [0.05, 0.1) is 0 Å². The fraction of sp³-hybridized carbons (Fsp3) is 0.111. The summed E-state index contributed by atoms with van der Waals surface area (Å²) in [4.78, 5) is 8.44. The van der Waals surface area contributed by atoms with Crippen LogP contribution in [-0.2, 0) is 0 Å². The molecule has 0 aromatic carbocycles. The molecule has 6 heteroatoms. The Kier molecular flexibility index (Phi) is 1.63. The zero-order valence-corrected chi connectivity index (χ0v) is 8.60. The van der Waals surface area contributed by atoms with Gasteiger partial charge in [-0.3, -0.25) is 4.40 Å². The van der Waals surface area contributed by atoms with Gasteiger partial charge in [-0.1, -0.05) is 11.6 Å². The van der Waals surface area contributed by atoms with E-state index in [1.807, 2.05) is 19.1 Å². The Labute approximate surface area is 89.7 Å². The smallest absolute Gasteiger partial charge is 0.200 e. The van der Waals surface area contributed by atoms with Gasteiger partial charge in [0.2, 0.25) is 0 Å². The van der Waals surface area contributed by atoms with Crippen molar-refractivity contribution >= 4 is 28.4 Å². The van der Waals surface area contributed by atoms with Crippen LogP contribution >= 0.6 is 11.6 Å². The molecule has 0 aliphatic carbocycles. The lowest BCUT2D eigenvalue weighted by Crippen LogP contribution is -1.96. The van der Waals surface area contributed by atoms with E-state index >= 15 is 0 Å². The summed E-state index contributed by atoms with van der Waals surface area (Å²) in [5.41, 5.74) is 2.00. The van der Waals surface area contributed by atoms with Gasteiger partial charge >= 0.3 is 0 Å². The molecule has 0 radical (unpaired) electrons. The van der Waals surface area contributed by atoms with E-state index < -0.39 is 0 Å². The zero-order valence-electron chi connectivity index (χ0n) is 7.85. The quantitative estimate of drug-likeness (QED) is 0.577. The molecule has 0 fully saturated rings. The minimum absolute atomic E-state index is 0.344. The summed E-state index contributed by atoms with van der Waals surface area (Å²) in [6.45, 7) is 1.85. The van der Waals surface area contributed by atoms with Gasteiger partial charge in [0.1, 0.15) is 11.3 Å². The number of rotatable bonds is 0. The average Bonchev–Trinajstić information content (AvgIpc) is 2.62. The number of pyridine rings is 1. The molecule has 0 saturated heterocycles. The second-order valence-electron chi connectivity index (χ2n) is 3.15. The molecular formula is C9H6ClN5. The summed E-state index contributed by atoms with van der Waals surface area (Å²) in [5.74, 6) is 0.748. The highest BCUT2D eigenvalue weighted by Gasteiger charge is 2.11. The standard InChI is InChI=1S/C9H6ClN5/c1-5-13-14-9-7(10)12-6-3-2-4-11-8(6)15(5)9/h2-4H,1H3. The number of fused-ring (bicyclic) bond motifs is 3. The van der Waals surface area contributed by atoms with Crippen molar-refractivity contribution in [1.29, 1.82) is 0 Å². The third-order valence-electron chi connectivity index (χ3n) is 2.21. The first kappa shape index (κ1) is 8.55. The zero-order chi connectivity index (χ0) is 10.4. The number of nitrogens with zero attached hydrogens (tertiary/aromatic N) is 5. The largest absolute Gasteiger partial charge is 0.259 e. The van der Waals surface area contributed by atoms with Gasteiger partial charge in [-0.25, -0.2) is 9.97 Å². The summed E-state index contributed by atoms with van der Waals surface area (Å²) >= 11 is 5.99. The van der Waals surface area contributed by atoms with Crippen molar-refractivity contribution in [3.8, 4) is 0 Å². The Morgan fingerprint density at radius 3 is 3.00 bits per heavy atom. The van der Waals surface area contributed by atoms with Crippen molar-refractivity contribution in [2.24, 2.45) is 0 Å². The van der Waals surface area contributed by atoms with E-state index in [4.69, 9.17) is 11.6 Å². The fourth-order valence-electron chi connectivity index (χ4n) is 1.55. The molecule has 5 nitrogen and oxygen atoms in total. The molecule has 3 aromatic rings. The van der Waals surface area contributed by atoms with Crippen molar-refractivity contribution in [2.75, 3.05) is 0 Å². The summed E-state index contributed by atoms with van der Waals surface area (Å²) in [6.07, 6.45) is 1.71. The molecule has 3 aromatic heterocycles. The molecule has 0 bridgehead atoms. The van der Waals surface area contributed by atoms with Crippen LogP contribution in [0.2, 0.25) is 5.15 Å². The monoisotopic (exact) mass is 219 g/mol. The van der Waals surface area contributed by atoms with Crippen molar-refractivity contribution < 1.29 is 0 Å². The molecule has 3 heterocycles. The molecule has 0 unspecified atom stereocenters. The van der Waals surface area contributed by atoms with Gasteiger partial charge in [-0.15, -0.1) is 10.2 Å². The third-order valence-corrected chi connectivity index (χ3v) is 2.46. The first-order valence-electron chi connectivity index (χ1n) is 4.39. The van der Waals surface area contributed by atoms with E-state index in [1.165, 1.54) is 0 Å². The summed E-state index contributed by atoms with van der Waals surface area (Å²) < 4.78 is 1.80. The second-order valence-corrected chi connectivity index (χ2v) is 3.51. The highest BCUT2D eigenvalue weighted by Crippen LogP contribution is 2.19. The highest BCUT2D eigenvalue weighted by atomic mass is 35.5. The molecule has 0 atom stereocenters. The van der Waals surface area contributed by atoms with Gasteiger partial charge < -0.3 is 0 Å². The van der Waals surface area contributed by atoms with E-state index in [2.05, 4.69) is 20.2 Å². The number of halogens is 1. The van der Waals surface area contributed by atoms with E-state index in [1.54, 1.807) is 10.6 Å². The fourth-order valence-corrected chi connectivity index (χ4v) is 1.77. The van der Waals surface area contributed by atoms with Gasteiger partial charge in [0, 0.05) is 6.20 Å². The highest BCUT2D eigenvalue weighted by molar-refractivity contribution is 6.32. The minimum Gasteiger partial charge on any atom is -0.259 e. The first-order valence-corrected chi connectivity index (χ1v) is 4.77. The number of hydrogen-bond acceptors (Lipinski definition) is 4. The summed E-state index contributed by atoms with van der Waals surface area (Å²) in [6, 6.07) is 3.67. The van der Waals surface area contributed by atoms with E-state index in [0.717, 1.165) is 17.0 Å². The SMILES string of the molecule is Cc1nnc2c(Cl)nc3cccnc3n12. The Bertz CT molecular complexity index is 660. The molecular weight excluding hydrogens is 214 g/mol. The molecule has 0 N–H and O–H groups in total. The van der Waals surface area contributed by atoms with Crippen molar-refractivity contribution in [1.82, 2.24) is 24.6 Å². The van der Waals surface area contributed by atoms with Gasteiger partial charge in [0.25, 0.3) is 0 Å². The van der Waals surface area contributed by atoms with Crippen LogP contribution in [0.25, 0.3) is 16.8 Å². The van der Waals surface area contributed by atoms with E-state index in [9.17, 15) is 0 Å². The van der Waals surface area contributed by atoms with Gasteiger partial charge in [-0.05, 0) is 19.1 Å². The molecule has 15 heavy (non-hydrogen) atoms. The van der Waals surface area contributed by atoms with Gasteiger partial charge in [-0.2, -0.15) is 0 Å². The minimum atomic E-state index is 0.344. The summed E-state index contributed by atoms with van der Waals surface area (Å²) in [7, 11) is 0. The summed E-state index contributed by atoms with van der Waals surface area (Å²) in [5, 5.41) is 8.25. The predicted molar refractivity (Wildman–Crippen MR) is 55.8 cm³/mol. The van der Waals surface area contributed by atoms with Crippen LogP contribution < -0.4 is 0 Å². The first-order chi connectivity index (χ1) is 7.27. The maximum absolute atomic E-state index is 5.99. The van der Waals surface area contributed by atoms with Crippen LogP contribution in [0.1, 0.15) is 5.82 Å². The molecule has 0 spiro atoms. The lowest BCUT2D eigenvalue weighted by Gasteiger charge is -2.01. The predicted octanol–water partition coefficient (Wildman–Crippen LogP) is 1.63. The van der Waals surface area contributed by atoms with E-state index in [0.29, 0.717) is 10.8 Å². The number of hydrogen-bond donors (Lipinski definition) is 0. The lowest BCUT2D eigenvalue weighted by molar-refractivity contribution is 1.01. The van der Waals surface area contributed by atoms with E-state index in [-0.39, 0.29) is 0 Å². The lowest BCUT2D eigenvalue weighted by atomic mass is 10.4. The van der Waals surface area contributed by atoms with Crippen LogP contribution in [0.3, 0.4) is 0 Å².